The van der Waals surface area contributed by atoms with Crippen molar-refractivity contribution in [2.75, 3.05) is 7.11 Å². The molecular weight excluding hydrogens is 172 g/mol. The zero-order valence-corrected chi connectivity index (χ0v) is 7.83. The average Bonchev–Trinajstić information content (AvgIpc) is 2.01. The van der Waals surface area contributed by atoms with E-state index >= 15 is 0 Å². The Balaban J connectivity index is 3.38. The minimum absolute atomic E-state index is 0.365. The molecule has 1 heterocycles. The molecule has 0 spiro atoms. The molecule has 1 atom stereocenters. The van der Waals surface area contributed by atoms with Gasteiger partial charge in [0.1, 0.15) is 11.5 Å². The number of ether oxygens (including phenoxy) is 1. The van der Waals surface area contributed by atoms with Gasteiger partial charge < -0.3 is 14.3 Å². The Morgan fingerprint density at radius 3 is 2.69 bits per heavy atom. The molecule has 0 saturated heterocycles. The van der Waals surface area contributed by atoms with Gasteiger partial charge in [-0.25, -0.2) is 4.79 Å². The molecule has 1 aromatic rings. The van der Waals surface area contributed by atoms with Crippen LogP contribution in [0.3, 0.4) is 0 Å². The van der Waals surface area contributed by atoms with Gasteiger partial charge in [0, 0.05) is 0 Å². The molecular formula is C9H12O4. The lowest BCUT2D eigenvalue weighted by Gasteiger charge is -2.11. The number of aryl methyl sites for hydroxylation is 1. The van der Waals surface area contributed by atoms with Crippen molar-refractivity contribution in [3.8, 4) is 5.75 Å². The summed E-state index contributed by atoms with van der Waals surface area (Å²) in [6.45, 7) is 3.21. The summed E-state index contributed by atoms with van der Waals surface area (Å²) in [5.74, 6) is 0.753. The van der Waals surface area contributed by atoms with Crippen molar-refractivity contribution in [1.29, 1.82) is 0 Å². The summed E-state index contributed by atoms with van der Waals surface area (Å²) in [4.78, 5) is 10.9. The van der Waals surface area contributed by atoms with Crippen molar-refractivity contribution < 1.29 is 14.3 Å². The molecule has 13 heavy (non-hydrogen) atoms. The summed E-state index contributed by atoms with van der Waals surface area (Å²) in [5, 5.41) is 9.37. The molecule has 0 fully saturated rings. The largest absolute Gasteiger partial charge is 0.496 e. The van der Waals surface area contributed by atoms with Crippen LogP contribution >= 0.6 is 0 Å². The third-order valence-electron chi connectivity index (χ3n) is 1.79. The molecule has 0 saturated carbocycles. The van der Waals surface area contributed by atoms with Crippen molar-refractivity contribution in [1.82, 2.24) is 0 Å². The lowest BCUT2D eigenvalue weighted by Crippen LogP contribution is -2.06. The monoisotopic (exact) mass is 184 g/mol. The molecule has 1 N–H and O–H groups in total. The second-order valence-electron chi connectivity index (χ2n) is 2.78. The van der Waals surface area contributed by atoms with E-state index in [1.807, 2.05) is 0 Å². The van der Waals surface area contributed by atoms with Gasteiger partial charge >= 0.3 is 5.63 Å². The number of rotatable bonds is 2. The Bertz CT molecular complexity index is 351. The molecule has 1 unspecified atom stereocenters. The van der Waals surface area contributed by atoms with Gasteiger partial charge in [-0.1, -0.05) is 0 Å². The Hall–Kier alpha value is -1.29. The van der Waals surface area contributed by atoms with Gasteiger partial charge in [0.2, 0.25) is 0 Å². The molecule has 4 heteroatoms. The molecule has 0 radical (unpaired) electrons. The predicted molar refractivity (Wildman–Crippen MR) is 46.9 cm³/mol. The minimum atomic E-state index is -0.709. The van der Waals surface area contributed by atoms with Crippen LogP contribution in [0.15, 0.2) is 15.3 Å². The van der Waals surface area contributed by atoms with Gasteiger partial charge in [-0.3, -0.25) is 0 Å². The molecule has 4 nitrogen and oxygen atoms in total. The molecule has 0 aliphatic rings. The Morgan fingerprint density at radius 2 is 2.23 bits per heavy atom. The lowest BCUT2D eigenvalue weighted by atomic mass is 10.1. The molecule has 0 aliphatic carbocycles. The van der Waals surface area contributed by atoms with Crippen LogP contribution in [0.5, 0.6) is 5.75 Å². The molecule has 72 valence electrons. The highest BCUT2D eigenvalue weighted by Gasteiger charge is 2.14. The van der Waals surface area contributed by atoms with E-state index in [-0.39, 0.29) is 0 Å². The van der Waals surface area contributed by atoms with Crippen LogP contribution in [0, 0.1) is 6.92 Å². The van der Waals surface area contributed by atoms with E-state index in [9.17, 15) is 9.90 Å². The van der Waals surface area contributed by atoms with E-state index in [0.29, 0.717) is 17.1 Å². The summed E-state index contributed by atoms with van der Waals surface area (Å²) in [7, 11) is 1.44. The summed E-state index contributed by atoms with van der Waals surface area (Å²) in [6, 6.07) is 1.22. The first-order valence-corrected chi connectivity index (χ1v) is 3.93. The topological polar surface area (TPSA) is 59.7 Å². The van der Waals surface area contributed by atoms with E-state index in [4.69, 9.17) is 9.15 Å². The van der Waals surface area contributed by atoms with Gasteiger partial charge in [0.15, 0.2) is 0 Å². The quantitative estimate of drug-likeness (QED) is 0.745. The Morgan fingerprint density at radius 1 is 1.62 bits per heavy atom. The van der Waals surface area contributed by atoms with Crippen molar-refractivity contribution in [2.45, 2.75) is 20.0 Å². The molecule has 0 bridgehead atoms. The molecule has 0 amide bonds. The second-order valence-corrected chi connectivity index (χ2v) is 2.78. The number of methoxy groups -OCH3 is 1. The first kappa shape index (κ1) is 9.80. The highest BCUT2D eigenvalue weighted by molar-refractivity contribution is 5.35. The maximum Gasteiger partial charge on any atom is 0.339 e. The first-order chi connectivity index (χ1) is 6.06. The fourth-order valence-electron chi connectivity index (χ4n) is 1.26. The highest BCUT2D eigenvalue weighted by Crippen LogP contribution is 2.25. The van der Waals surface area contributed by atoms with Crippen molar-refractivity contribution >= 4 is 0 Å². The van der Waals surface area contributed by atoms with Crippen LogP contribution in [-0.2, 0) is 0 Å². The first-order valence-electron chi connectivity index (χ1n) is 3.93. The smallest absolute Gasteiger partial charge is 0.339 e. The van der Waals surface area contributed by atoms with Crippen LogP contribution in [0.2, 0.25) is 0 Å². The van der Waals surface area contributed by atoms with E-state index in [1.165, 1.54) is 13.2 Å². The average molecular weight is 184 g/mol. The highest BCUT2D eigenvalue weighted by atomic mass is 16.5. The summed E-state index contributed by atoms with van der Waals surface area (Å²) in [5.41, 5.74) is 0.0425. The van der Waals surface area contributed by atoms with Crippen LogP contribution in [0.1, 0.15) is 24.4 Å². The maximum atomic E-state index is 10.9. The molecule has 0 aromatic carbocycles. The lowest BCUT2D eigenvalue weighted by molar-refractivity contribution is 0.188. The van der Waals surface area contributed by atoms with Crippen LogP contribution in [-0.4, -0.2) is 12.2 Å². The standard InChI is InChI=1S/C9H12O4/c1-5(10)9-6(2)13-8(11)4-7(9)12-3/h4-5,10H,1-3H3. The molecule has 0 aliphatic heterocycles. The SMILES string of the molecule is COc1cc(=O)oc(C)c1C(C)O. The fraction of sp³-hybridized carbons (Fsp3) is 0.444. The summed E-state index contributed by atoms with van der Waals surface area (Å²) < 4.78 is 9.76. The Labute approximate surface area is 75.8 Å². The van der Waals surface area contributed by atoms with E-state index in [2.05, 4.69) is 0 Å². The van der Waals surface area contributed by atoms with E-state index < -0.39 is 11.7 Å². The number of aliphatic hydroxyl groups is 1. The number of hydrogen-bond donors (Lipinski definition) is 1. The van der Waals surface area contributed by atoms with Crippen molar-refractivity contribution in [2.24, 2.45) is 0 Å². The molecule has 1 rings (SSSR count). The molecule has 1 aromatic heterocycles. The number of hydrogen-bond acceptors (Lipinski definition) is 4. The normalized spacial score (nSPS) is 12.6. The zero-order chi connectivity index (χ0) is 10.0. The van der Waals surface area contributed by atoms with Crippen LogP contribution in [0.4, 0.5) is 0 Å². The van der Waals surface area contributed by atoms with Gasteiger partial charge in [0.05, 0.1) is 24.8 Å². The van der Waals surface area contributed by atoms with Crippen molar-refractivity contribution in [3.05, 3.63) is 27.8 Å². The predicted octanol–water partition coefficient (Wildman–Crippen LogP) is 1.01. The number of aliphatic hydroxyl groups excluding tert-OH is 1. The van der Waals surface area contributed by atoms with Crippen LogP contribution < -0.4 is 10.4 Å². The van der Waals surface area contributed by atoms with Crippen molar-refractivity contribution in [3.63, 3.8) is 0 Å². The third kappa shape index (κ3) is 1.89. The maximum absolute atomic E-state index is 10.9. The summed E-state index contributed by atoms with van der Waals surface area (Å²) in [6.07, 6.45) is -0.709. The minimum Gasteiger partial charge on any atom is -0.496 e. The van der Waals surface area contributed by atoms with Gasteiger partial charge in [-0.05, 0) is 13.8 Å². The van der Waals surface area contributed by atoms with Gasteiger partial charge in [-0.15, -0.1) is 0 Å². The van der Waals surface area contributed by atoms with Gasteiger partial charge in [0.25, 0.3) is 0 Å². The fourth-order valence-corrected chi connectivity index (χ4v) is 1.26. The Kier molecular flexibility index (Phi) is 2.72. The van der Waals surface area contributed by atoms with Crippen LogP contribution in [0.25, 0.3) is 0 Å². The third-order valence-corrected chi connectivity index (χ3v) is 1.79. The zero-order valence-electron chi connectivity index (χ0n) is 7.83. The summed E-state index contributed by atoms with van der Waals surface area (Å²) >= 11 is 0. The second kappa shape index (κ2) is 3.62. The van der Waals surface area contributed by atoms with E-state index in [0.717, 1.165) is 0 Å². The van der Waals surface area contributed by atoms with E-state index in [1.54, 1.807) is 13.8 Å². The van der Waals surface area contributed by atoms with Gasteiger partial charge in [-0.2, -0.15) is 0 Å².